The highest BCUT2D eigenvalue weighted by Crippen LogP contribution is 2.33. The fourth-order valence-corrected chi connectivity index (χ4v) is 3.57. The zero-order valence-corrected chi connectivity index (χ0v) is 17.5. The molecule has 0 N–H and O–H groups in total. The number of hydrogen-bond acceptors (Lipinski definition) is 7. The molecular formula is C22H21NO5S. The van der Waals surface area contributed by atoms with Crippen molar-refractivity contribution in [1.82, 2.24) is 4.98 Å². The summed E-state index contributed by atoms with van der Waals surface area (Å²) in [6.45, 7) is 3.43. The maximum atomic E-state index is 12.4. The van der Waals surface area contributed by atoms with E-state index in [2.05, 4.69) is 4.98 Å². The van der Waals surface area contributed by atoms with Crippen LogP contribution in [0.3, 0.4) is 0 Å². The predicted octanol–water partition coefficient (Wildman–Crippen LogP) is 4.48. The summed E-state index contributed by atoms with van der Waals surface area (Å²) in [7, 11) is 3.12. The van der Waals surface area contributed by atoms with E-state index in [9.17, 15) is 9.59 Å². The van der Waals surface area contributed by atoms with Crippen LogP contribution in [0.25, 0.3) is 10.6 Å². The molecule has 0 spiro atoms. The van der Waals surface area contributed by atoms with Gasteiger partial charge in [0.1, 0.15) is 5.01 Å². The zero-order chi connectivity index (χ0) is 21.0. The second kappa shape index (κ2) is 8.87. The first-order valence-electron chi connectivity index (χ1n) is 8.88. The van der Waals surface area contributed by atoms with Crippen molar-refractivity contribution in [3.63, 3.8) is 0 Å². The molecule has 0 atom stereocenters. The third-order valence-electron chi connectivity index (χ3n) is 4.37. The van der Waals surface area contributed by atoms with Gasteiger partial charge in [-0.3, -0.25) is 4.79 Å². The quantitative estimate of drug-likeness (QED) is 0.421. The van der Waals surface area contributed by atoms with Crippen LogP contribution in [-0.4, -0.2) is 37.6 Å². The smallest absolute Gasteiger partial charge is 0.358 e. The Bertz CT molecular complexity index is 1060. The van der Waals surface area contributed by atoms with Crippen LogP contribution >= 0.6 is 11.3 Å². The Morgan fingerprint density at radius 1 is 1.00 bits per heavy atom. The van der Waals surface area contributed by atoms with Gasteiger partial charge in [0.15, 0.2) is 23.8 Å². The van der Waals surface area contributed by atoms with Crippen molar-refractivity contribution in [2.24, 2.45) is 0 Å². The van der Waals surface area contributed by atoms with Crippen LogP contribution in [0.2, 0.25) is 0 Å². The molecule has 0 saturated carbocycles. The Labute approximate surface area is 173 Å². The number of ether oxygens (including phenoxy) is 3. The van der Waals surface area contributed by atoms with Crippen molar-refractivity contribution >= 4 is 23.1 Å². The molecule has 2 aromatic carbocycles. The van der Waals surface area contributed by atoms with Crippen molar-refractivity contribution < 1.29 is 23.8 Å². The molecule has 1 heterocycles. The molecule has 0 aliphatic rings. The van der Waals surface area contributed by atoms with Crippen LogP contribution in [0.4, 0.5) is 0 Å². The van der Waals surface area contributed by atoms with Gasteiger partial charge in [0.05, 0.1) is 14.2 Å². The number of aryl methyl sites for hydroxylation is 2. The standard InChI is InChI=1S/C22H21NO5S/c1-13-5-6-14(2)16(9-13)18(24)11-28-22(25)17-12-29-21(23-17)15-7-8-19(26-3)20(10-15)27-4/h5-10,12H,11H2,1-4H3. The average Bonchev–Trinajstić information content (AvgIpc) is 3.23. The summed E-state index contributed by atoms with van der Waals surface area (Å²) in [5.41, 5.74) is 3.33. The normalized spacial score (nSPS) is 10.5. The maximum Gasteiger partial charge on any atom is 0.358 e. The number of aromatic nitrogens is 1. The SMILES string of the molecule is COc1ccc(-c2nc(C(=O)OCC(=O)c3cc(C)ccc3C)cs2)cc1OC. The first-order chi connectivity index (χ1) is 13.9. The maximum absolute atomic E-state index is 12.4. The molecule has 150 valence electrons. The molecule has 0 aliphatic carbocycles. The van der Waals surface area contributed by atoms with Crippen molar-refractivity contribution in [3.8, 4) is 22.1 Å². The van der Waals surface area contributed by atoms with Crippen LogP contribution in [0.1, 0.15) is 32.0 Å². The van der Waals surface area contributed by atoms with Gasteiger partial charge in [0.2, 0.25) is 5.78 Å². The van der Waals surface area contributed by atoms with Gasteiger partial charge in [-0.25, -0.2) is 9.78 Å². The van der Waals surface area contributed by atoms with E-state index in [1.54, 1.807) is 37.8 Å². The summed E-state index contributed by atoms with van der Waals surface area (Å²) in [5, 5.41) is 2.25. The van der Waals surface area contributed by atoms with E-state index in [4.69, 9.17) is 14.2 Å². The molecule has 1 aromatic heterocycles. The Balaban J connectivity index is 1.69. The molecule has 0 radical (unpaired) electrons. The fourth-order valence-electron chi connectivity index (χ4n) is 2.79. The molecular weight excluding hydrogens is 390 g/mol. The molecule has 0 unspecified atom stereocenters. The molecule has 0 amide bonds. The van der Waals surface area contributed by atoms with Gasteiger partial charge < -0.3 is 14.2 Å². The highest BCUT2D eigenvalue weighted by atomic mass is 32.1. The topological polar surface area (TPSA) is 74.7 Å². The number of Topliss-reactive ketones (excluding diaryl/α,β-unsaturated/α-hetero) is 1. The third-order valence-corrected chi connectivity index (χ3v) is 5.26. The number of ketones is 1. The lowest BCUT2D eigenvalue weighted by atomic mass is 10.0. The fraction of sp³-hybridized carbons (Fsp3) is 0.227. The highest BCUT2D eigenvalue weighted by Gasteiger charge is 2.17. The van der Waals surface area contributed by atoms with E-state index >= 15 is 0 Å². The molecule has 0 saturated heterocycles. The number of benzene rings is 2. The summed E-state index contributed by atoms with van der Waals surface area (Å²) < 4.78 is 15.7. The number of rotatable bonds is 7. The van der Waals surface area contributed by atoms with E-state index in [1.807, 2.05) is 32.0 Å². The van der Waals surface area contributed by atoms with Gasteiger partial charge >= 0.3 is 5.97 Å². The minimum atomic E-state index is -0.633. The Morgan fingerprint density at radius 2 is 1.76 bits per heavy atom. The van der Waals surface area contributed by atoms with Gasteiger partial charge in [-0.1, -0.05) is 17.7 Å². The second-order valence-corrected chi connectivity index (χ2v) is 7.28. The number of carbonyl (C=O) groups is 2. The number of carbonyl (C=O) groups excluding carboxylic acids is 2. The summed E-state index contributed by atoms with van der Waals surface area (Å²) >= 11 is 1.31. The molecule has 3 rings (SSSR count). The lowest BCUT2D eigenvalue weighted by Crippen LogP contribution is -2.15. The largest absolute Gasteiger partial charge is 0.493 e. The number of methoxy groups -OCH3 is 2. The minimum absolute atomic E-state index is 0.161. The lowest BCUT2D eigenvalue weighted by Gasteiger charge is -2.08. The Kier molecular flexibility index (Phi) is 6.29. The van der Waals surface area contributed by atoms with Gasteiger partial charge in [-0.15, -0.1) is 11.3 Å². The summed E-state index contributed by atoms with van der Waals surface area (Å²) in [5.74, 6) is 0.308. The van der Waals surface area contributed by atoms with E-state index < -0.39 is 5.97 Å². The minimum Gasteiger partial charge on any atom is -0.493 e. The molecule has 6 nitrogen and oxygen atoms in total. The molecule has 0 bridgehead atoms. The molecule has 3 aromatic rings. The van der Waals surface area contributed by atoms with Crippen molar-refractivity contribution in [3.05, 3.63) is 64.2 Å². The lowest BCUT2D eigenvalue weighted by molar-refractivity contribution is 0.0469. The molecule has 0 aliphatic heterocycles. The monoisotopic (exact) mass is 411 g/mol. The van der Waals surface area contributed by atoms with Crippen LogP contribution in [-0.2, 0) is 4.74 Å². The predicted molar refractivity (Wildman–Crippen MR) is 111 cm³/mol. The summed E-state index contributed by atoms with van der Waals surface area (Å²) in [6, 6.07) is 11.0. The number of esters is 1. The average molecular weight is 411 g/mol. The highest BCUT2D eigenvalue weighted by molar-refractivity contribution is 7.13. The van der Waals surface area contributed by atoms with Crippen molar-refractivity contribution in [2.45, 2.75) is 13.8 Å². The van der Waals surface area contributed by atoms with Crippen LogP contribution < -0.4 is 9.47 Å². The Morgan fingerprint density at radius 3 is 2.48 bits per heavy atom. The molecule has 0 fully saturated rings. The first-order valence-corrected chi connectivity index (χ1v) is 9.76. The van der Waals surface area contributed by atoms with E-state index in [-0.39, 0.29) is 18.1 Å². The number of hydrogen-bond donors (Lipinski definition) is 0. The van der Waals surface area contributed by atoms with Gasteiger partial charge in [-0.05, 0) is 43.7 Å². The van der Waals surface area contributed by atoms with E-state index in [0.29, 0.717) is 22.1 Å². The Hall–Kier alpha value is -3.19. The van der Waals surface area contributed by atoms with Crippen molar-refractivity contribution in [2.75, 3.05) is 20.8 Å². The van der Waals surface area contributed by atoms with Gasteiger partial charge in [-0.2, -0.15) is 0 Å². The summed E-state index contributed by atoms with van der Waals surface area (Å²) in [4.78, 5) is 29.0. The van der Waals surface area contributed by atoms with Gasteiger partial charge in [0, 0.05) is 16.5 Å². The number of thiazole rings is 1. The van der Waals surface area contributed by atoms with Crippen LogP contribution in [0.5, 0.6) is 11.5 Å². The second-order valence-electron chi connectivity index (χ2n) is 6.43. The van der Waals surface area contributed by atoms with E-state index in [1.165, 1.54) is 11.3 Å². The third kappa shape index (κ3) is 4.63. The van der Waals surface area contributed by atoms with Crippen LogP contribution in [0.15, 0.2) is 41.8 Å². The van der Waals surface area contributed by atoms with Crippen LogP contribution in [0, 0.1) is 13.8 Å². The molecule has 29 heavy (non-hydrogen) atoms. The molecule has 7 heteroatoms. The zero-order valence-electron chi connectivity index (χ0n) is 16.6. The first kappa shape index (κ1) is 20.5. The van der Waals surface area contributed by atoms with E-state index in [0.717, 1.165) is 16.7 Å². The van der Waals surface area contributed by atoms with Gasteiger partial charge in [0.25, 0.3) is 0 Å². The number of nitrogens with zero attached hydrogens (tertiary/aromatic N) is 1. The van der Waals surface area contributed by atoms with Crippen molar-refractivity contribution in [1.29, 1.82) is 0 Å². The summed E-state index contributed by atoms with van der Waals surface area (Å²) in [6.07, 6.45) is 0.